The normalized spacial score (nSPS) is 14.1. The lowest BCUT2D eigenvalue weighted by Gasteiger charge is -2.24. The first-order chi connectivity index (χ1) is 17.5. The SMILES string of the molecule is C=C(C(=O)OCCCC)n1c(-c2ccccc2CO)c(C2CCCCC2)c2ccc(C(=O)OC)cc21. The zero-order valence-electron chi connectivity index (χ0n) is 21.2. The molecule has 36 heavy (non-hydrogen) atoms. The van der Waals surface area contributed by atoms with Crippen molar-refractivity contribution < 1.29 is 24.2 Å². The van der Waals surface area contributed by atoms with Gasteiger partial charge in [0.2, 0.25) is 0 Å². The number of carbonyl (C=O) groups excluding carboxylic acids is 2. The summed E-state index contributed by atoms with van der Waals surface area (Å²) in [5.41, 5.74) is 4.86. The number of hydrogen-bond acceptors (Lipinski definition) is 5. The molecular weight excluding hydrogens is 454 g/mol. The quantitative estimate of drug-likeness (QED) is 0.212. The summed E-state index contributed by atoms with van der Waals surface area (Å²) < 4.78 is 12.4. The van der Waals surface area contributed by atoms with E-state index in [1.165, 1.54) is 13.5 Å². The summed E-state index contributed by atoms with van der Waals surface area (Å²) in [6, 6.07) is 13.2. The van der Waals surface area contributed by atoms with E-state index in [2.05, 4.69) is 6.58 Å². The third-order valence-corrected chi connectivity index (χ3v) is 7.12. The minimum absolute atomic E-state index is 0.136. The van der Waals surface area contributed by atoms with Crippen molar-refractivity contribution in [3.63, 3.8) is 0 Å². The molecule has 0 saturated heterocycles. The Balaban J connectivity index is 2.03. The molecule has 0 unspecified atom stereocenters. The first kappa shape index (κ1) is 25.7. The largest absolute Gasteiger partial charge is 0.465 e. The number of aromatic nitrogens is 1. The Bertz CT molecular complexity index is 1270. The lowest BCUT2D eigenvalue weighted by Crippen LogP contribution is -2.14. The molecule has 0 bridgehead atoms. The molecule has 0 atom stereocenters. The number of unbranched alkanes of at least 4 members (excludes halogenated alkanes) is 1. The highest BCUT2D eigenvalue weighted by molar-refractivity contribution is 6.14. The second-order valence-electron chi connectivity index (χ2n) is 9.41. The molecule has 0 radical (unpaired) electrons. The molecule has 1 saturated carbocycles. The number of aliphatic hydroxyl groups is 1. The highest BCUT2D eigenvalue weighted by atomic mass is 16.5. The highest BCUT2D eigenvalue weighted by Crippen LogP contribution is 2.46. The minimum Gasteiger partial charge on any atom is -0.465 e. The molecular formula is C30H35NO5. The van der Waals surface area contributed by atoms with Gasteiger partial charge in [0.15, 0.2) is 0 Å². The van der Waals surface area contributed by atoms with Gasteiger partial charge >= 0.3 is 11.9 Å². The van der Waals surface area contributed by atoms with Crippen LogP contribution < -0.4 is 0 Å². The summed E-state index contributed by atoms with van der Waals surface area (Å²) in [6.07, 6.45) is 7.25. The Morgan fingerprint density at radius 2 is 1.86 bits per heavy atom. The van der Waals surface area contributed by atoms with Crippen LogP contribution in [0.25, 0.3) is 27.9 Å². The second-order valence-corrected chi connectivity index (χ2v) is 9.41. The maximum absolute atomic E-state index is 13.2. The summed E-state index contributed by atoms with van der Waals surface area (Å²) in [4.78, 5) is 25.6. The Labute approximate surface area is 212 Å². The van der Waals surface area contributed by atoms with E-state index < -0.39 is 11.9 Å². The Morgan fingerprint density at radius 3 is 2.56 bits per heavy atom. The molecule has 6 heteroatoms. The molecule has 0 aliphatic heterocycles. The van der Waals surface area contributed by atoms with Gasteiger partial charge in [-0.05, 0) is 48.4 Å². The van der Waals surface area contributed by atoms with Crippen molar-refractivity contribution in [2.24, 2.45) is 0 Å². The van der Waals surface area contributed by atoms with Gasteiger partial charge in [-0.3, -0.25) is 0 Å². The van der Waals surface area contributed by atoms with Gasteiger partial charge in [0.1, 0.15) is 5.70 Å². The number of carbonyl (C=O) groups is 2. The van der Waals surface area contributed by atoms with Crippen molar-refractivity contribution in [1.82, 2.24) is 4.57 Å². The molecule has 1 heterocycles. The third kappa shape index (κ3) is 4.96. The molecule has 1 N–H and O–H groups in total. The maximum atomic E-state index is 13.2. The van der Waals surface area contributed by atoms with E-state index >= 15 is 0 Å². The predicted octanol–water partition coefficient (Wildman–Crippen LogP) is 6.45. The van der Waals surface area contributed by atoms with Crippen molar-refractivity contribution in [3.05, 3.63) is 65.7 Å². The van der Waals surface area contributed by atoms with Gasteiger partial charge in [0, 0.05) is 10.9 Å². The Morgan fingerprint density at radius 1 is 1.11 bits per heavy atom. The molecule has 4 rings (SSSR count). The first-order valence-corrected chi connectivity index (χ1v) is 12.8. The smallest absolute Gasteiger partial charge is 0.354 e. The van der Waals surface area contributed by atoms with E-state index in [1.54, 1.807) is 12.1 Å². The van der Waals surface area contributed by atoms with Crippen molar-refractivity contribution in [1.29, 1.82) is 0 Å². The van der Waals surface area contributed by atoms with Crippen LogP contribution in [-0.2, 0) is 20.9 Å². The van der Waals surface area contributed by atoms with Crippen LogP contribution in [0.3, 0.4) is 0 Å². The van der Waals surface area contributed by atoms with Gasteiger partial charge in [-0.2, -0.15) is 0 Å². The average molecular weight is 490 g/mol. The zero-order chi connectivity index (χ0) is 25.7. The number of aliphatic hydroxyl groups excluding tert-OH is 1. The van der Waals surface area contributed by atoms with Crippen molar-refractivity contribution >= 4 is 28.5 Å². The monoisotopic (exact) mass is 489 g/mol. The Kier molecular flexibility index (Phi) is 8.26. The van der Waals surface area contributed by atoms with E-state index in [1.807, 2.05) is 41.8 Å². The zero-order valence-corrected chi connectivity index (χ0v) is 21.2. The number of ether oxygens (including phenoxy) is 2. The van der Waals surface area contributed by atoms with Crippen LogP contribution in [0.2, 0.25) is 0 Å². The van der Waals surface area contributed by atoms with Gasteiger partial charge in [0.25, 0.3) is 0 Å². The van der Waals surface area contributed by atoms with Gasteiger partial charge < -0.3 is 19.1 Å². The van der Waals surface area contributed by atoms with Crippen LogP contribution in [0.5, 0.6) is 0 Å². The predicted molar refractivity (Wildman–Crippen MR) is 142 cm³/mol. The van der Waals surface area contributed by atoms with Crippen LogP contribution in [0.4, 0.5) is 0 Å². The molecule has 1 aromatic heterocycles. The van der Waals surface area contributed by atoms with Gasteiger partial charge in [-0.1, -0.05) is 69.5 Å². The number of hydrogen-bond donors (Lipinski definition) is 1. The fourth-order valence-electron chi connectivity index (χ4n) is 5.28. The maximum Gasteiger partial charge on any atom is 0.354 e. The molecule has 3 aromatic rings. The molecule has 1 aliphatic carbocycles. The Hall–Kier alpha value is -3.38. The van der Waals surface area contributed by atoms with E-state index in [4.69, 9.17) is 9.47 Å². The summed E-state index contributed by atoms with van der Waals surface area (Å²) in [7, 11) is 1.35. The van der Waals surface area contributed by atoms with E-state index in [9.17, 15) is 14.7 Å². The summed E-state index contributed by atoms with van der Waals surface area (Å²) >= 11 is 0. The molecule has 0 spiro atoms. The summed E-state index contributed by atoms with van der Waals surface area (Å²) in [5.74, 6) is -0.656. The number of benzene rings is 2. The van der Waals surface area contributed by atoms with Crippen molar-refractivity contribution in [2.45, 2.75) is 64.4 Å². The third-order valence-electron chi connectivity index (χ3n) is 7.12. The highest BCUT2D eigenvalue weighted by Gasteiger charge is 2.30. The fourth-order valence-corrected chi connectivity index (χ4v) is 5.28. The lowest BCUT2D eigenvalue weighted by atomic mass is 9.81. The van der Waals surface area contributed by atoms with Crippen molar-refractivity contribution in [3.8, 4) is 11.3 Å². The molecule has 1 aliphatic rings. The molecule has 1 fully saturated rings. The standard InChI is InChI=1S/C30H35NO5/c1-4-5-17-36-29(33)20(2)31-26-18-22(30(34)35-3)15-16-25(26)27(21-11-7-6-8-12-21)28(31)24-14-10-9-13-23(24)19-32/h9-10,13-16,18,21,32H,2,4-8,11-12,17,19H2,1,3H3. The molecule has 190 valence electrons. The summed E-state index contributed by atoms with van der Waals surface area (Å²) in [6.45, 7) is 6.38. The molecule has 0 amide bonds. The molecule has 2 aromatic carbocycles. The topological polar surface area (TPSA) is 77.8 Å². The van der Waals surface area contributed by atoms with Crippen LogP contribution in [0.15, 0.2) is 49.0 Å². The van der Waals surface area contributed by atoms with E-state index in [-0.39, 0.29) is 18.2 Å². The first-order valence-electron chi connectivity index (χ1n) is 12.8. The fraction of sp³-hybridized carbons (Fsp3) is 0.400. The second kappa shape index (κ2) is 11.6. The average Bonchev–Trinajstić information content (AvgIpc) is 3.26. The number of rotatable bonds is 9. The van der Waals surface area contributed by atoms with Gasteiger partial charge in [0.05, 0.1) is 37.1 Å². The summed E-state index contributed by atoms with van der Waals surface area (Å²) in [5, 5.41) is 11.2. The number of nitrogens with zero attached hydrogens (tertiary/aromatic N) is 1. The van der Waals surface area contributed by atoms with E-state index in [0.29, 0.717) is 17.7 Å². The van der Waals surface area contributed by atoms with Crippen molar-refractivity contribution in [2.75, 3.05) is 13.7 Å². The van der Waals surface area contributed by atoms with Crippen LogP contribution in [-0.4, -0.2) is 35.3 Å². The number of fused-ring (bicyclic) bond motifs is 1. The van der Waals surface area contributed by atoms with Crippen LogP contribution in [0, 0.1) is 0 Å². The number of esters is 2. The van der Waals surface area contributed by atoms with Crippen LogP contribution >= 0.6 is 0 Å². The van der Waals surface area contributed by atoms with Gasteiger partial charge in [-0.25, -0.2) is 9.59 Å². The van der Waals surface area contributed by atoms with Gasteiger partial charge in [-0.15, -0.1) is 0 Å². The number of methoxy groups -OCH3 is 1. The lowest BCUT2D eigenvalue weighted by molar-refractivity contribution is -0.137. The van der Waals surface area contributed by atoms with Crippen LogP contribution in [0.1, 0.15) is 79.3 Å². The van der Waals surface area contributed by atoms with E-state index in [0.717, 1.165) is 66.3 Å². The minimum atomic E-state index is -0.498. The molecule has 6 nitrogen and oxygen atoms in total.